The fourth-order valence-corrected chi connectivity index (χ4v) is 4.68. The zero-order valence-corrected chi connectivity index (χ0v) is 16.3. The van der Waals surface area contributed by atoms with Crippen molar-refractivity contribution < 1.29 is 0 Å². The summed E-state index contributed by atoms with van der Waals surface area (Å²) >= 11 is 3.31. The smallest absolute Gasteiger partial charge is 0.125 e. The summed E-state index contributed by atoms with van der Waals surface area (Å²) in [5.41, 5.74) is 4.38. The lowest BCUT2D eigenvalue weighted by atomic mass is 10.1. The summed E-state index contributed by atoms with van der Waals surface area (Å²) in [6, 6.07) is 8.12. The molecule has 0 radical (unpaired) electrons. The van der Waals surface area contributed by atoms with E-state index in [9.17, 15) is 0 Å². The van der Waals surface area contributed by atoms with Crippen LogP contribution in [0.4, 0.5) is 0 Å². The zero-order valence-electron chi connectivity index (χ0n) is 14.7. The Morgan fingerprint density at radius 2 is 2.15 bits per heavy atom. The molecule has 0 aliphatic heterocycles. The van der Waals surface area contributed by atoms with Crippen LogP contribution < -0.4 is 0 Å². The minimum Gasteiger partial charge on any atom is -0.264 e. The van der Waals surface area contributed by atoms with Crippen LogP contribution in [0.15, 0.2) is 65.8 Å². The van der Waals surface area contributed by atoms with Gasteiger partial charge in [0.15, 0.2) is 0 Å². The molecule has 0 unspecified atom stereocenters. The standard InChI is InChI=1S/C21H16N4S2/c1-4-6-16(22-3)19-15-8-10-26-18(15)11-17(25-19)20-13(2)24-21(27-20)14-7-5-9-23-12-14/h4-12H,1,3H2,2H3/b16-6-. The molecule has 0 bridgehead atoms. The van der Waals surface area contributed by atoms with Gasteiger partial charge in [-0.25, -0.2) is 9.97 Å². The number of thiazole rings is 1. The highest BCUT2D eigenvalue weighted by Crippen LogP contribution is 2.38. The van der Waals surface area contributed by atoms with Gasteiger partial charge in [0.05, 0.1) is 27.7 Å². The first-order valence-corrected chi connectivity index (χ1v) is 9.97. The third-order valence-electron chi connectivity index (χ3n) is 4.08. The van der Waals surface area contributed by atoms with Crippen LogP contribution >= 0.6 is 22.7 Å². The molecule has 0 spiro atoms. The Morgan fingerprint density at radius 3 is 2.89 bits per heavy atom. The second-order valence-corrected chi connectivity index (χ2v) is 7.76. The minimum atomic E-state index is 0.713. The van der Waals surface area contributed by atoms with E-state index in [1.165, 1.54) is 0 Å². The number of hydrogen-bond acceptors (Lipinski definition) is 6. The van der Waals surface area contributed by atoms with E-state index in [1.54, 1.807) is 34.9 Å². The maximum Gasteiger partial charge on any atom is 0.125 e. The number of hydrogen-bond donors (Lipinski definition) is 0. The Bertz CT molecular complexity index is 1170. The quantitative estimate of drug-likeness (QED) is 0.310. The van der Waals surface area contributed by atoms with Gasteiger partial charge in [0.25, 0.3) is 0 Å². The monoisotopic (exact) mass is 388 g/mol. The average Bonchev–Trinajstić information content (AvgIpc) is 3.32. The summed E-state index contributed by atoms with van der Waals surface area (Å²) in [6.45, 7) is 9.47. The highest BCUT2D eigenvalue weighted by Gasteiger charge is 2.17. The third-order valence-corrected chi connectivity index (χ3v) is 6.17. The summed E-state index contributed by atoms with van der Waals surface area (Å²) in [7, 11) is 0. The number of aryl methyl sites for hydroxylation is 1. The van der Waals surface area contributed by atoms with E-state index >= 15 is 0 Å². The van der Waals surface area contributed by atoms with Crippen LogP contribution in [-0.4, -0.2) is 21.7 Å². The van der Waals surface area contributed by atoms with Crippen molar-refractivity contribution >= 4 is 45.2 Å². The van der Waals surface area contributed by atoms with Gasteiger partial charge < -0.3 is 0 Å². The minimum absolute atomic E-state index is 0.713. The topological polar surface area (TPSA) is 51.0 Å². The Hall–Kier alpha value is -2.96. The molecule has 4 aromatic heterocycles. The van der Waals surface area contributed by atoms with Crippen LogP contribution in [0.3, 0.4) is 0 Å². The first-order valence-electron chi connectivity index (χ1n) is 8.27. The number of nitrogens with zero attached hydrogens (tertiary/aromatic N) is 4. The lowest BCUT2D eigenvalue weighted by molar-refractivity contribution is 1.23. The molecule has 0 saturated carbocycles. The van der Waals surface area contributed by atoms with Crippen LogP contribution in [0.2, 0.25) is 0 Å². The molecular formula is C21H16N4S2. The molecule has 4 aromatic rings. The van der Waals surface area contributed by atoms with Crippen LogP contribution in [0.25, 0.3) is 36.9 Å². The summed E-state index contributed by atoms with van der Waals surface area (Å²) in [6.07, 6.45) is 7.13. The Kier molecular flexibility index (Phi) is 4.75. The van der Waals surface area contributed by atoms with Crippen LogP contribution in [0.5, 0.6) is 0 Å². The van der Waals surface area contributed by atoms with Gasteiger partial charge in [0, 0.05) is 28.0 Å². The molecular weight excluding hydrogens is 372 g/mol. The van der Waals surface area contributed by atoms with Crippen molar-refractivity contribution in [2.24, 2.45) is 4.99 Å². The van der Waals surface area contributed by atoms with E-state index in [0.717, 1.165) is 42.6 Å². The Balaban J connectivity index is 1.90. The van der Waals surface area contributed by atoms with Crippen molar-refractivity contribution in [3.8, 4) is 21.1 Å². The van der Waals surface area contributed by atoms with Crippen molar-refractivity contribution in [1.82, 2.24) is 15.0 Å². The normalized spacial score (nSPS) is 11.7. The summed E-state index contributed by atoms with van der Waals surface area (Å²) in [4.78, 5) is 19.0. The van der Waals surface area contributed by atoms with Gasteiger partial charge >= 0.3 is 0 Å². The number of thiophene rings is 1. The molecule has 0 aliphatic rings. The van der Waals surface area contributed by atoms with Crippen molar-refractivity contribution in [2.75, 3.05) is 0 Å². The number of aliphatic imine (C=N–C) groups is 1. The van der Waals surface area contributed by atoms with Gasteiger partial charge in [0.1, 0.15) is 5.01 Å². The van der Waals surface area contributed by atoms with E-state index in [-0.39, 0.29) is 0 Å². The first kappa shape index (κ1) is 17.5. The first-order chi connectivity index (χ1) is 13.2. The number of pyridine rings is 2. The molecule has 27 heavy (non-hydrogen) atoms. The molecule has 0 amide bonds. The highest BCUT2D eigenvalue weighted by atomic mass is 32.1. The van der Waals surface area contributed by atoms with Gasteiger partial charge in [0.2, 0.25) is 0 Å². The number of rotatable bonds is 5. The maximum absolute atomic E-state index is 4.91. The molecule has 4 rings (SSSR count). The lowest BCUT2D eigenvalue weighted by Gasteiger charge is -2.06. The van der Waals surface area contributed by atoms with Crippen molar-refractivity contribution in [3.63, 3.8) is 0 Å². The lowest BCUT2D eigenvalue weighted by Crippen LogP contribution is -1.92. The second-order valence-electron chi connectivity index (χ2n) is 5.81. The number of allylic oxidation sites excluding steroid dienone is 2. The molecule has 0 atom stereocenters. The highest BCUT2D eigenvalue weighted by molar-refractivity contribution is 7.19. The van der Waals surface area contributed by atoms with Crippen LogP contribution in [-0.2, 0) is 0 Å². The third kappa shape index (κ3) is 3.25. The average molecular weight is 389 g/mol. The van der Waals surface area contributed by atoms with Crippen molar-refractivity contribution in [1.29, 1.82) is 0 Å². The van der Waals surface area contributed by atoms with Gasteiger partial charge in [-0.1, -0.05) is 12.7 Å². The van der Waals surface area contributed by atoms with E-state index < -0.39 is 0 Å². The predicted molar refractivity (Wildman–Crippen MR) is 116 cm³/mol. The van der Waals surface area contributed by atoms with E-state index in [4.69, 9.17) is 9.97 Å². The number of aromatic nitrogens is 3. The molecule has 0 fully saturated rings. The second kappa shape index (κ2) is 7.34. The van der Waals surface area contributed by atoms with Crippen LogP contribution in [0, 0.1) is 6.92 Å². The Labute approximate surface area is 165 Å². The summed E-state index contributed by atoms with van der Waals surface area (Å²) in [5.74, 6) is 0. The molecule has 0 aromatic carbocycles. The molecule has 0 N–H and O–H groups in total. The molecule has 0 saturated heterocycles. The van der Waals surface area contributed by atoms with E-state index in [2.05, 4.69) is 40.8 Å². The van der Waals surface area contributed by atoms with Gasteiger partial charge in [-0.05, 0) is 49.4 Å². The molecule has 6 heteroatoms. The molecule has 4 heterocycles. The molecule has 132 valence electrons. The SMILES string of the molecule is C=C/C=C(\N=C)c1nc(-c2sc(-c3cccnc3)nc2C)cc2sccc12. The fraction of sp³-hybridized carbons (Fsp3) is 0.0476. The van der Waals surface area contributed by atoms with E-state index in [1.807, 2.05) is 31.3 Å². The fourth-order valence-electron chi connectivity index (χ4n) is 2.84. The van der Waals surface area contributed by atoms with Crippen molar-refractivity contribution in [2.45, 2.75) is 6.92 Å². The summed E-state index contributed by atoms with van der Waals surface area (Å²) < 4.78 is 1.16. The predicted octanol–water partition coefficient (Wildman–Crippen LogP) is 6.02. The van der Waals surface area contributed by atoms with Crippen LogP contribution in [0.1, 0.15) is 11.4 Å². The molecule has 0 aliphatic carbocycles. The number of fused-ring (bicyclic) bond motifs is 1. The van der Waals surface area contributed by atoms with Gasteiger partial charge in [-0.15, -0.1) is 22.7 Å². The Morgan fingerprint density at radius 1 is 1.26 bits per heavy atom. The van der Waals surface area contributed by atoms with Gasteiger partial charge in [-0.3, -0.25) is 9.98 Å². The summed E-state index contributed by atoms with van der Waals surface area (Å²) in [5, 5.41) is 4.07. The molecule has 4 nitrogen and oxygen atoms in total. The van der Waals surface area contributed by atoms with Crippen molar-refractivity contribution in [3.05, 3.63) is 72.2 Å². The zero-order chi connectivity index (χ0) is 18.8. The maximum atomic E-state index is 4.91. The largest absolute Gasteiger partial charge is 0.264 e. The van der Waals surface area contributed by atoms with E-state index in [0.29, 0.717) is 5.70 Å². The van der Waals surface area contributed by atoms with Gasteiger partial charge in [-0.2, -0.15) is 0 Å².